The topological polar surface area (TPSA) is 45.2 Å². The van der Waals surface area contributed by atoms with Crippen LogP contribution in [0.15, 0.2) is 30.7 Å². The predicted molar refractivity (Wildman–Crippen MR) is 75.4 cm³/mol. The van der Waals surface area contributed by atoms with Gasteiger partial charge in [-0.2, -0.15) is 0 Å². The largest absolute Gasteiger partial charge is 0.353 e. The van der Waals surface area contributed by atoms with Gasteiger partial charge in [-0.1, -0.05) is 0 Å². The van der Waals surface area contributed by atoms with E-state index in [1.807, 2.05) is 13.0 Å². The van der Waals surface area contributed by atoms with E-state index in [1.54, 1.807) is 12.4 Å². The third-order valence-corrected chi connectivity index (χ3v) is 3.43. The molecule has 20 heavy (non-hydrogen) atoms. The van der Waals surface area contributed by atoms with Crippen molar-refractivity contribution >= 4 is 11.6 Å². The number of nitrogens with zero attached hydrogens (tertiary/aromatic N) is 5. The Morgan fingerprint density at radius 3 is 2.25 bits per heavy atom. The molecular weight excluding hydrogens is 257 g/mol. The quantitative estimate of drug-likeness (QED) is 0.832. The number of rotatable bonds is 2. The Labute approximate surface area is 117 Å². The van der Waals surface area contributed by atoms with Gasteiger partial charge in [0.05, 0.1) is 6.20 Å². The number of aromatic nitrogens is 3. The lowest BCUT2D eigenvalue weighted by Gasteiger charge is -2.36. The summed E-state index contributed by atoms with van der Waals surface area (Å²) >= 11 is 0. The molecule has 104 valence electrons. The molecule has 1 aliphatic heterocycles. The average molecular weight is 273 g/mol. The van der Waals surface area contributed by atoms with Crippen molar-refractivity contribution in [3.05, 3.63) is 42.2 Å². The van der Waals surface area contributed by atoms with Crippen molar-refractivity contribution in [2.75, 3.05) is 36.0 Å². The van der Waals surface area contributed by atoms with Crippen LogP contribution in [0.25, 0.3) is 0 Å². The van der Waals surface area contributed by atoms with Crippen LogP contribution in [0.1, 0.15) is 5.69 Å². The molecule has 1 saturated heterocycles. The fourth-order valence-corrected chi connectivity index (χ4v) is 2.33. The van der Waals surface area contributed by atoms with Gasteiger partial charge in [0.15, 0.2) is 0 Å². The van der Waals surface area contributed by atoms with Gasteiger partial charge in [0.25, 0.3) is 0 Å². The van der Waals surface area contributed by atoms with Gasteiger partial charge in [-0.3, -0.25) is 0 Å². The molecule has 6 heteroatoms. The summed E-state index contributed by atoms with van der Waals surface area (Å²) < 4.78 is 12.9. The molecule has 0 atom stereocenters. The van der Waals surface area contributed by atoms with Crippen LogP contribution < -0.4 is 9.80 Å². The van der Waals surface area contributed by atoms with E-state index in [0.717, 1.165) is 43.5 Å². The maximum absolute atomic E-state index is 12.9. The van der Waals surface area contributed by atoms with Gasteiger partial charge in [-0.05, 0) is 19.1 Å². The standard InChI is InChI=1S/C14H16FN5/c1-11-8-14(18-10-17-11)20-6-4-19(5-7-20)13-3-2-12(15)9-16-13/h2-3,8-10H,4-7H2,1H3. The van der Waals surface area contributed by atoms with Crippen LogP contribution in [0.5, 0.6) is 0 Å². The first-order valence-electron chi connectivity index (χ1n) is 6.62. The summed E-state index contributed by atoms with van der Waals surface area (Å²) in [5.74, 6) is 1.48. The van der Waals surface area contributed by atoms with Crippen LogP contribution in [0, 0.1) is 12.7 Å². The van der Waals surface area contributed by atoms with E-state index >= 15 is 0 Å². The number of piperazine rings is 1. The molecule has 2 aromatic rings. The van der Waals surface area contributed by atoms with Gasteiger partial charge in [0, 0.05) is 37.9 Å². The Kier molecular flexibility index (Phi) is 3.45. The van der Waals surface area contributed by atoms with Crippen LogP contribution in [-0.2, 0) is 0 Å². The molecule has 0 aliphatic carbocycles. The van der Waals surface area contributed by atoms with Crippen molar-refractivity contribution in [1.29, 1.82) is 0 Å². The fraction of sp³-hybridized carbons (Fsp3) is 0.357. The minimum absolute atomic E-state index is 0.302. The molecule has 0 unspecified atom stereocenters. The Morgan fingerprint density at radius 1 is 0.950 bits per heavy atom. The molecule has 0 aromatic carbocycles. The first-order chi connectivity index (χ1) is 9.72. The Bertz CT molecular complexity index is 578. The highest BCUT2D eigenvalue weighted by Crippen LogP contribution is 2.17. The van der Waals surface area contributed by atoms with Gasteiger partial charge < -0.3 is 9.80 Å². The summed E-state index contributed by atoms with van der Waals surface area (Å²) in [5.41, 5.74) is 0.970. The van der Waals surface area contributed by atoms with Gasteiger partial charge in [-0.25, -0.2) is 19.3 Å². The molecular formula is C14H16FN5. The lowest BCUT2D eigenvalue weighted by atomic mass is 10.3. The second-order valence-corrected chi connectivity index (χ2v) is 4.83. The van der Waals surface area contributed by atoms with Crippen molar-refractivity contribution in [2.24, 2.45) is 0 Å². The Balaban J connectivity index is 1.66. The van der Waals surface area contributed by atoms with E-state index in [9.17, 15) is 4.39 Å². The highest BCUT2D eigenvalue weighted by Gasteiger charge is 2.19. The number of aryl methyl sites for hydroxylation is 1. The molecule has 0 N–H and O–H groups in total. The monoisotopic (exact) mass is 273 g/mol. The maximum Gasteiger partial charge on any atom is 0.141 e. The Morgan fingerprint density at radius 2 is 1.65 bits per heavy atom. The van der Waals surface area contributed by atoms with Crippen LogP contribution in [0.4, 0.5) is 16.0 Å². The molecule has 2 aromatic heterocycles. The first kappa shape index (κ1) is 12.8. The third-order valence-electron chi connectivity index (χ3n) is 3.43. The molecule has 0 amide bonds. The lowest BCUT2D eigenvalue weighted by molar-refractivity contribution is 0.614. The Hall–Kier alpha value is -2.24. The third kappa shape index (κ3) is 2.68. The molecule has 3 rings (SSSR count). The van der Waals surface area contributed by atoms with E-state index in [1.165, 1.54) is 12.3 Å². The van der Waals surface area contributed by atoms with Gasteiger partial charge in [-0.15, -0.1) is 0 Å². The smallest absolute Gasteiger partial charge is 0.141 e. The van der Waals surface area contributed by atoms with E-state index in [0.29, 0.717) is 0 Å². The average Bonchev–Trinajstić information content (AvgIpc) is 2.48. The number of hydrogen-bond acceptors (Lipinski definition) is 5. The van der Waals surface area contributed by atoms with Crippen molar-refractivity contribution in [3.8, 4) is 0 Å². The van der Waals surface area contributed by atoms with Crippen LogP contribution >= 0.6 is 0 Å². The summed E-state index contributed by atoms with van der Waals surface area (Å²) in [6.45, 7) is 5.40. The molecule has 0 radical (unpaired) electrons. The number of hydrogen-bond donors (Lipinski definition) is 0. The molecule has 0 spiro atoms. The second-order valence-electron chi connectivity index (χ2n) is 4.83. The second kappa shape index (κ2) is 5.40. The summed E-state index contributed by atoms with van der Waals surface area (Å²) in [6.07, 6.45) is 2.86. The van der Waals surface area contributed by atoms with Gasteiger partial charge in [0.1, 0.15) is 23.8 Å². The zero-order valence-electron chi connectivity index (χ0n) is 11.3. The number of pyridine rings is 1. The molecule has 1 aliphatic rings. The predicted octanol–water partition coefficient (Wildman–Crippen LogP) is 1.65. The SMILES string of the molecule is Cc1cc(N2CCN(c3ccc(F)cn3)CC2)ncn1. The summed E-state index contributed by atoms with van der Waals surface area (Å²) in [5, 5.41) is 0. The van der Waals surface area contributed by atoms with Gasteiger partial charge >= 0.3 is 0 Å². The van der Waals surface area contributed by atoms with Crippen molar-refractivity contribution < 1.29 is 4.39 Å². The lowest BCUT2D eigenvalue weighted by Crippen LogP contribution is -2.47. The van der Waals surface area contributed by atoms with Crippen molar-refractivity contribution in [1.82, 2.24) is 15.0 Å². The number of anilines is 2. The zero-order valence-corrected chi connectivity index (χ0v) is 11.3. The molecule has 1 fully saturated rings. The normalized spacial score (nSPS) is 15.5. The van der Waals surface area contributed by atoms with E-state index in [4.69, 9.17) is 0 Å². The van der Waals surface area contributed by atoms with Crippen molar-refractivity contribution in [2.45, 2.75) is 6.92 Å². The van der Waals surface area contributed by atoms with E-state index in [2.05, 4.69) is 24.8 Å². The van der Waals surface area contributed by atoms with E-state index in [-0.39, 0.29) is 5.82 Å². The van der Waals surface area contributed by atoms with Gasteiger partial charge in [0.2, 0.25) is 0 Å². The number of halogens is 1. The summed E-state index contributed by atoms with van der Waals surface area (Å²) in [7, 11) is 0. The van der Waals surface area contributed by atoms with E-state index < -0.39 is 0 Å². The van der Waals surface area contributed by atoms with Crippen LogP contribution in [0.2, 0.25) is 0 Å². The zero-order chi connectivity index (χ0) is 13.9. The van der Waals surface area contributed by atoms with Crippen LogP contribution in [0.3, 0.4) is 0 Å². The molecule has 5 nitrogen and oxygen atoms in total. The minimum Gasteiger partial charge on any atom is -0.353 e. The highest BCUT2D eigenvalue weighted by molar-refractivity contribution is 5.44. The molecule has 0 bridgehead atoms. The minimum atomic E-state index is -0.302. The summed E-state index contributed by atoms with van der Waals surface area (Å²) in [6, 6.07) is 5.16. The highest BCUT2D eigenvalue weighted by atomic mass is 19.1. The van der Waals surface area contributed by atoms with Crippen molar-refractivity contribution in [3.63, 3.8) is 0 Å². The maximum atomic E-state index is 12.9. The summed E-state index contributed by atoms with van der Waals surface area (Å²) in [4.78, 5) is 16.9. The molecule has 3 heterocycles. The van der Waals surface area contributed by atoms with Crippen LogP contribution in [-0.4, -0.2) is 41.1 Å². The first-order valence-corrected chi connectivity index (χ1v) is 6.62. The fourth-order valence-electron chi connectivity index (χ4n) is 2.33. The molecule has 0 saturated carbocycles.